The topological polar surface area (TPSA) is 29.1 Å². The van der Waals surface area contributed by atoms with Crippen LogP contribution in [-0.2, 0) is 11.2 Å². The number of carbonyl (C=O) groups excluding carboxylic acids is 1. The lowest BCUT2D eigenvalue weighted by molar-refractivity contribution is -0.120. The van der Waals surface area contributed by atoms with Crippen LogP contribution in [0, 0.1) is 12.7 Å². The van der Waals surface area contributed by atoms with Crippen LogP contribution < -0.4 is 5.32 Å². The number of halogens is 1. The molecule has 0 unspecified atom stereocenters. The summed E-state index contributed by atoms with van der Waals surface area (Å²) >= 11 is 1.73. The van der Waals surface area contributed by atoms with Crippen LogP contribution in [0.5, 0.6) is 0 Å². The molecule has 2 rings (SSSR count). The molecule has 2 aromatic carbocycles. The average Bonchev–Trinajstić information content (AvgIpc) is 2.53. The van der Waals surface area contributed by atoms with Crippen molar-refractivity contribution in [2.45, 2.75) is 24.7 Å². The zero-order valence-electron chi connectivity index (χ0n) is 12.6. The summed E-state index contributed by atoms with van der Waals surface area (Å²) in [4.78, 5) is 13.0. The molecule has 116 valence electrons. The summed E-state index contributed by atoms with van der Waals surface area (Å²) in [6, 6.07) is 14.6. The normalized spacial score (nSPS) is 10.5. The van der Waals surface area contributed by atoms with Crippen molar-refractivity contribution in [3.05, 3.63) is 65.5 Å². The van der Waals surface area contributed by atoms with Gasteiger partial charge in [-0.25, -0.2) is 4.39 Å². The van der Waals surface area contributed by atoms with E-state index in [9.17, 15) is 9.18 Å². The fraction of sp³-hybridized carbons (Fsp3) is 0.278. The van der Waals surface area contributed by atoms with Crippen molar-refractivity contribution in [2.75, 3.05) is 12.3 Å². The zero-order chi connectivity index (χ0) is 15.8. The Hall–Kier alpha value is -1.81. The molecule has 0 spiro atoms. The van der Waals surface area contributed by atoms with Crippen molar-refractivity contribution >= 4 is 17.7 Å². The molecule has 2 nitrogen and oxygen atoms in total. The summed E-state index contributed by atoms with van der Waals surface area (Å²) in [7, 11) is 0. The van der Waals surface area contributed by atoms with Gasteiger partial charge in [-0.05, 0) is 43.2 Å². The minimum absolute atomic E-state index is 0.0360. The van der Waals surface area contributed by atoms with Crippen molar-refractivity contribution in [1.29, 1.82) is 0 Å². The number of thioether (sulfide) groups is 1. The van der Waals surface area contributed by atoms with Crippen LogP contribution in [-0.4, -0.2) is 18.2 Å². The number of amides is 1. The predicted molar refractivity (Wildman–Crippen MR) is 89.6 cm³/mol. The quantitative estimate of drug-likeness (QED) is 0.618. The van der Waals surface area contributed by atoms with Gasteiger partial charge in [-0.15, -0.1) is 11.8 Å². The van der Waals surface area contributed by atoms with E-state index in [1.807, 2.05) is 0 Å². The van der Waals surface area contributed by atoms with Gasteiger partial charge in [0, 0.05) is 23.6 Å². The standard InChI is InChI=1S/C18H20FNOS/c1-14-2-9-17(10-3-14)22-13-12-20-18(21)11-6-15-4-7-16(19)8-5-15/h2-5,7-10H,6,11-13H2,1H3,(H,20,21). The Morgan fingerprint density at radius 2 is 1.77 bits per heavy atom. The van der Waals surface area contributed by atoms with E-state index in [1.165, 1.54) is 22.6 Å². The second-order valence-electron chi connectivity index (χ2n) is 5.14. The Balaban J connectivity index is 1.61. The van der Waals surface area contributed by atoms with Crippen LogP contribution in [0.2, 0.25) is 0 Å². The third-order valence-electron chi connectivity index (χ3n) is 3.27. The van der Waals surface area contributed by atoms with Crippen molar-refractivity contribution in [3.63, 3.8) is 0 Å². The van der Waals surface area contributed by atoms with E-state index in [0.29, 0.717) is 19.4 Å². The summed E-state index contributed by atoms with van der Waals surface area (Å²) in [5.41, 5.74) is 2.23. The lowest BCUT2D eigenvalue weighted by Gasteiger charge is -2.06. The van der Waals surface area contributed by atoms with E-state index in [0.717, 1.165) is 11.3 Å². The monoisotopic (exact) mass is 317 g/mol. The molecule has 0 aliphatic heterocycles. The molecule has 0 saturated heterocycles. The first-order chi connectivity index (χ1) is 10.6. The van der Waals surface area contributed by atoms with Gasteiger partial charge >= 0.3 is 0 Å². The van der Waals surface area contributed by atoms with Crippen LogP contribution >= 0.6 is 11.8 Å². The number of carbonyl (C=O) groups is 1. The molecule has 1 N–H and O–H groups in total. The van der Waals surface area contributed by atoms with Gasteiger partial charge in [0.05, 0.1) is 0 Å². The Labute approximate surface area is 135 Å². The molecule has 4 heteroatoms. The number of hydrogen-bond acceptors (Lipinski definition) is 2. The maximum absolute atomic E-state index is 12.8. The Kier molecular flexibility index (Phi) is 6.46. The summed E-state index contributed by atoms with van der Waals surface area (Å²) < 4.78 is 12.8. The highest BCUT2D eigenvalue weighted by Gasteiger charge is 2.02. The number of rotatable bonds is 7. The second-order valence-corrected chi connectivity index (χ2v) is 6.31. The second kappa shape index (κ2) is 8.59. The molecule has 2 aromatic rings. The highest BCUT2D eigenvalue weighted by molar-refractivity contribution is 7.99. The van der Waals surface area contributed by atoms with Crippen LogP contribution in [0.3, 0.4) is 0 Å². The average molecular weight is 317 g/mol. The summed E-state index contributed by atoms with van der Waals surface area (Å²) in [6.45, 7) is 2.72. The molecule has 0 atom stereocenters. The first-order valence-electron chi connectivity index (χ1n) is 7.34. The van der Waals surface area contributed by atoms with Gasteiger partial charge in [-0.2, -0.15) is 0 Å². The van der Waals surface area contributed by atoms with Gasteiger partial charge in [0.1, 0.15) is 5.82 Å². The van der Waals surface area contributed by atoms with Crippen LogP contribution in [0.25, 0.3) is 0 Å². The van der Waals surface area contributed by atoms with Crippen LogP contribution in [0.1, 0.15) is 17.5 Å². The van der Waals surface area contributed by atoms with E-state index < -0.39 is 0 Å². The molecular weight excluding hydrogens is 297 g/mol. The highest BCUT2D eigenvalue weighted by Crippen LogP contribution is 2.17. The molecule has 0 bridgehead atoms. The van der Waals surface area contributed by atoms with E-state index in [1.54, 1.807) is 23.9 Å². The predicted octanol–water partition coefficient (Wildman–Crippen LogP) is 3.98. The molecule has 0 saturated carbocycles. The largest absolute Gasteiger partial charge is 0.355 e. The SMILES string of the molecule is Cc1ccc(SCCNC(=O)CCc2ccc(F)cc2)cc1. The molecule has 1 amide bonds. The molecular formula is C18H20FNOS. The minimum atomic E-state index is -0.249. The zero-order valence-corrected chi connectivity index (χ0v) is 13.5. The smallest absolute Gasteiger partial charge is 0.220 e. The molecule has 0 aromatic heterocycles. The van der Waals surface area contributed by atoms with Gasteiger partial charge in [0.2, 0.25) is 5.91 Å². The first-order valence-corrected chi connectivity index (χ1v) is 8.32. The number of hydrogen-bond donors (Lipinski definition) is 1. The van der Waals surface area contributed by atoms with Gasteiger partial charge in [-0.3, -0.25) is 4.79 Å². The molecule has 0 radical (unpaired) electrons. The van der Waals surface area contributed by atoms with Crippen molar-refractivity contribution < 1.29 is 9.18 Å². The van der Waals surface area contributed by atoms with Crippen molar-refractivity contribution in [3.8, 4) is 0 Å². The van der Waals surface area contributed by atoms with Gasteiger partial charge < -0.3 is 5.32 Å². The first kappa shape index (κ1) is 16.6. The lowest BCUT2D eigenvalue weighted by atomic mass is 10.1. The van der Waals surface area contributed by atoms with Gasteiger partial charge in [0.25, 0.3) is 0 Å². The third-order valence-corrected chi connectivity index (χ3v) is 4.28. The fourth-order valence-corrected chi connectivity index (χ4v) is 2.76. The number of benzene rings is 2. The van der Waals surface area contributed by atoms with Crippen molar-refractivity contribution in [1.82, 2.24) is 5.32 Å². The summed E-state index contributed by atoms with van der Waals surface area (Å²) in [6.07, 6.45) is 1.07. The molecule has 0 aliphatic carbocycles. The van der Waals surface area contributed by atoms with E-state index in [-0.39, 0.29) is 11.7 Å². The summed E-state index contributed by atoms with van der Waals surface area (Å²) in [5, 5.41) is 2.91. The maximum Gasteiger partial charge on any atom is 0.220 e. The Morgan fingerprint density at radius 1 is 1.09 bits per heavy atom. The van der Waals surface area contributed by atoms with E-state index in [2.05, 4.69) is 36.5 Å². The minimum Gasteiger partial charge on any atom is -0.355 e. The molecule has 0 aliphatic rings. The molecule has 0 heterocycles. The molecule has 22 heavy (non-hydrogen) atoms. The van der Waals surface area contributed by atoms with Crippen LogP contribution in [0.4, 0.5) is 4.39 Å². The number of nitrogens with one attached hydrogen (secondary N) is 1. The Bertz CT molecular complexity index is 595. The fourth-order valence-electron chi connectivity index (χ4n) is 1.99. The van der Waals surface area contributed by atoms with Crippen molar-refractivity contribution in [2.24, 2.45) is 0 Å². The van der Waals surface area contributed by atoms with Gasteiger partial charge in [-0.1, -0.05) is 29.8 Å². The molecule has 0 fully saturated rings. The summed E-state index contributed by atoms with van der Waals surface area (Å²) in [5.74, 6) is 0.640. The Morgan fingerprint density at radius 3 is 2.45 bits per heavy atom. The van der Waals surface area contributed by atoms with Crippen LogP contribution in [0.15, 0.2) is 53.4 Å². The van der Waals surface area contributed by atoms with E-state index >= 15 is 0 Å². The van der Waals surface area contributed by atoms with E-state index in [4.69, 9.17) is 0 Å². The number of aryl methyl sites for hydroxylation is 2. The third kappa shape index (κ3) is 5.90. The highest BCUT2D eigenvalue weighted by atomic mass is 32.2. The lowest BCUT2D eigenvalue weighted by Crippen LogP contribution is -2.25. The van der Waals surface area contributed by atoms with Gasteiger partial charge in [0.15, 0.2) is 0 Å². The maximum atomic E-state index is 12.8.